The highest BCUT2D eigenvalue weighted by Crippen LogP contribution is 2.18. The van der Waals surface area contributed by atoms with Crippen molar-refractivity contribution in [1.29, 1.82) is 0 Å². The van der Waals surface area contributed by atoms with Gasteiger partial charge in [0.05, 0.1) is 11.9 Å². The van der Waals surface area contributed by atoms with E-state index in [1.807, 2.05) is 0 Å². The van der Waals surface area contributed by atoms with Crippen LogP contribution in [0.2, 0.25) is 5.15 Å². The van der Waals surface area contributed by atoms with Gasteiger partial charge in [-0.25, -0.2) is 9.37 Å². The molecular formula is C14H12ClFN2O. The van der Waals surface area contributed by atoms with Crippen molar-refractivity contribution in [2.75, 3.05) is 5.32 Å². The van der Waals surface area contributed by atoms with E-state index in [2.05, 4.69) is 10.3 Å². The van der Waals surface area contributed by atoms with Crippen molar-refractivity contribution >= 4 is 23.2 Å². The van der Waals surface area contributed by atoms with Gasteiger partial charge in [0.1, 0.15) is 11.0 Å². The summed E-state index contributed by atoms with van der Waals surface area (Å²) >= 11 is 5.81. The molecule has 0 aliphatic rings. The number of rotatable bonds is 2. The molecule has 1 amide bonds. The van der Waals surface area contributed by atoms with Crippen LogP contribution in [0.5, 0.6) is 0 Å². The lowest BCUT2D eigenvalue weighted by Gasteiger charge is -2.08. The highest BCUT2D eigenvalue weighted by atomic mass is 35.5. The second-order valence-corrected chi connectivity index (χ2v) is 4.60. The van der Waals surface area contributed by atoms with Crippen LogP contribution in [-0.4, -0.2) is 10.9 Å². The van der Waals surface area contributed by atoms with Crippen LogP contribution < -0.4 is 5.32 Å². The number of hydrogen-bond acceptors (Lipinski definition) is 2. The summed E-state index contributed by atoms with van der Waals surface area (Å²) < 4.78 is 13.2. The Morgan fingerprint density at radius 1 is 1.26 bits per heavy atom. The van der Waals surface area contributed by atoms with Crippen molar-refractivity contribution in [2.45, 2.75) is 13.8 Å². The first-order chi connectivity index (χ1) is 8.97. The summed E-state index contributed by atoms with van der Waals surface area (Å²) in [5, 5.41) is 3.06. The second-order valence-electron chi connectivity index (χ2n) is 4.25. The largest absolute Gasteiger partial charge is 0.321 e. The van der Waals surface area contributed by atoms with Crippen molar-refractivity contribution in [1.82, 2.24) is 4.98 Å². The summed E-state index contributed by atoms with van der Waals surface area (Å²) in [5.74, 6) is -0.818. The fraction of sp³-hybridized carbons (Fsp3) is 0.143. The lowest BCUT2D eigenvalue weighted by molar-refractivity contribution is 0.102. The number of benzene rings is 1. The smallest absolute Gasteiger partial charge is 0.256 e. The maximum atomic E-state index is 13.2. The van der Waals surface area contributed by atoms with Crippen LogP contribution >= 0.6 is 11.6 Å². The molecular weight excluding hydrogens is 267 g/mol. The number of pyridine rings is 1. The zero-order chi connectivity index (χ0) is 14.0. The number of anilines is 1. The Balaban J connectivity index is 2.25. The molecule has 1 aromatic heterocycles. The van der Waals surface area contributed by atoms with Gasteiger partial charge >= 0.3 is 0 Å². The van der Waals surface area contributed by atoms with Crippen molar-refractivity contribution in [3.05, 3.63) is 58.1 Å². The Morgan fingerprint density at radius 2 is 2.00 bits per heavy atom. The first kappa shape index (κ1) is 13.5. The average Bonchev–Trinajstić information content (AvgIpc) is 2.36. The van der Waals surface area contributed by atoms with Crippen molar-refractivity contribution < 1.29 is 9.18 Å². The summed E-state index contributed by atoms with van der Waals surface area (Å²) in [6.07, 6.45) is 1.46. The molecule has 2 aromatic rings. The molecule has 0 saturated heterocycles. The predicted octanol–water partition coefficient (Wildman–Crippen LogP) is 3.74. The van der Waals surface area contributed by atoms with Gasteiger partial charge in [-0.2, -0.15) is 0 Å². The van der Waals surface area contributed by atoms with Crippen LogP contribution in [0.1, 0.15) is 21.5 Å². The SMILES string of the molecule is Cc1ccc(F)cc1C(=O)Nc1cnc(Cl)c(C)c1. The number of carbonyl (C=O) groups is 1. The fourth-order valence-electron chi connectivity index (χ4n) is 1.66. The van der Waals surface area contributed by atoms with E-state index in [0.717, 1.165) is 5.56 Å². The molecule has 0 unspecified atom stereocenters. The molecule has 98 valence electrons. The van der Waals surface area contributed by atoms with E-state index in [1.54, 1.807) is 26.0 Å². The Labute approximate surface area is 115 Å². The topological polar surface area (TPSA) is 42.0 Å². The Morgan fingerprint density at radius 3 is 2.68 bits per heavy atom. The standard InChI is InChI=1S/C14H12ClFN2O/c1-8-3-4-10(16)6-12(8)14(19)18-11-5-9(2)13(15)17-7-11/h3-7H,1-2H3,(H,18,19). The first-order valence-electron chi connectivity index (χ1n) is 5.67. The molecule has 0 radical (unpaired) electrons. The Hall–Kier alpha value is -1.94. The monoisotopic (exact) mass is 278 g/mol. The zero-order valence-electron chi connectivity index (χ0n) is 10.5. The van der Waals surface area contributed by atoms with Crippen LogP contribution in [0.25, 0.3) is 0 Å². The highest BCUT2D eigenvalue weighted by molar-refractivity contribution is 6.30. The van der Waals surface area contributed by atoms with Crippen molar-refractivity contribution in [3.63, 3.8) is 0 Å². The highest BCUT2D eigenvalue weighted by Gasteiger charge is 2.11. The lowest BCUT2D eigenvalue weighted by atomic mass is 10.1. The van der Waals surface area contributed by atoms with E-state index in [1.165, 1.54) is 18.3 Å². The first-order valence-corrected chi connectivity index (χ1v) is 6.05. The summed E-state index contributed by atoms with van der Waals surface area (Å²) in [7, 11) is 0. The molecule has 0 saturated carbocycles. The van der Waals surface area contributed by atoms with Crippen LogP contribution in [0.3, 0.4) is 0 Å². The lowest BCUT2D eigenvalue weighted by Crippen LogP contribution is -2.14. The molecule has 0 aliphatic heterocycles. The van der Waals surface area contributed by atoms with Gasteiger partial charge in [-0.05, 0) is 43.2 Å². The molecule has 0 spiro atoms. The molecule has 19 heavy (non-hydrogen) atoms. The number of hydrogen-bond donors (Lipinski definition) is 1. The molecule has 1 N–H and O–H groups in total. The predicted molar refractivity (Wildman–Crippen MR) is 73.1 cm³/mol. The summed E-state index contributed by atoms with van der Waals surface area (Å²) in [6.45, 7) is 3.54. The fourth-order valence-corrected chi connectivity index (χ4v) is 1.77. The molecule has 0 atom stereocenters. The van der Waals surface area contributed by atoms with Gasteiger partial charge < -0.3 is 5.32 Å². The number of aryl methyl sites for hydroxylation is 2. The Bertz CT molecular complexity index is 643. The van der Waals surface area contributed by atoms with Crippen LogP contribution in [0.4, 0.5) is 10.1 Å². The van der Waals surface area contributed by atoms with Gasteiger partial charge in [0, 0.05) is 5.56 Å². The number of amides is 1. The van der Waals surface area contributed by atoms with Gasteiger partial charge in [-0.1, -0.05) is 17.7 Å². The van der Waals surface area contributed by atoms with Crippen molar-refractivity contribution in [2.24, 2.45) is 0 Å². The molecule has 5 heteroatoms. The molecule has 3 nitrogen and oxygen atoms in total. The number of nitrogens with zero attached hydrogens (tertiary/aromatic N) is 1. The van der Waals surface area contributed by atoms with E-state index >= 15 is 0 Å². The van der Waals surface area contributed by atoms with Crippen LogP contribution in [0, 0.1) is 19.7 Å². The van der Waals surface area contributed by atoms with Gasteiger partial charge in [0.2, 0.25) is 0 Å². The zero-order valence-corrected chi connectivity index (χ0v) is 11.3. The minimum atomic E-state index is -0.443. The normalized spacial score (nSPS) is 10.3. The number of aromatic nitrogens is 1. The van der Waals surface area contributed by atoms with E-state index in [-0.39, 0.29) is 5.91 Å². The maximum Gasteiger partial charge on any atom is 0.256 e. The molecule has 1 aromatic carbocycles. The van der Waals surface area contributed by atoms with E-state index in [4.69, 9.17) is 11.6 Å². The quantitative estimate of drug-likeness (QED) is 0.850. The minimum Gasteiger partial charge on any atom is -0.321 e. The van der Waals surface area contributed by atoms with Gasteiger partial charge in [0.15, 0.2) is 0 Å². The summed E-state index contributed by atoms with van der Waals surface area (Å²) in [4.78, 5) is 16.0. The maximum absolute atomic E-state index is 13.2. The summed E-state index contributed by atoms with van der Waals surface area (Å²) in [5.41, 5.74) is 2.29. The third-order valence-electron chi connectivity index (χ3n) is 2.72. The van der Waals surface area contributed by atoms with Crippen LogP contribution in [0.15, 0.2) is 30.5 Å². The molecule has 0 fully saturated rings. The van der Waals surface area contributed by atoms with E-state index < -0.39 is 5.82 Å². The third-order valence-corrected chi connectivity index (χ3v) is 3.11. The molecule has 0 bridgehead atoms. The van der Waals surface area contributed by atoms with Gasteiger partial charge in [-0.15, -0.1) is 0 Å². The van der Waals surface area contributed by atoms with Crippen molar-refractivity contribution in [3.8, 4) is 0 Å². The molecule has 1 heterocycles. The third kappa shape index (κ3) is 3.09. The van der Waals surface area contributed by atoms with E-state index in [0.29, 0.717) is 22.0 Å². The second kappa shape index (κ2) is 5.36. The molecule has 2 rings (SSSR count). The van der Waals surface area contributed by atoms with E-state index in [9.17, 15) is 9.18 Å². The minimum absolute atomic E-state index is 0.299. The Kier molecular flexibility index (Phi) is 3.81. The summed E-state index contributed by atoms with van der Waals surface area (Å²) in [6, 6.07) is 5.80. The van der Waals surface area contributed by atoms with Gasteiger partial charge in [0.25, 0.3) is 5.91 Å². The molecule has 0 aliphatic carbocycles. The average molecular weight is 279 g/mol. The van der Waals surface area contributed by atoms with Gasteiger partial charge in [-0.3, -0.25) is 4.79 Å². The number of nitrogens with one attached hydrogen (secondary N) is 1. The number of halogens is 2. The van der Waals surface area contributed by atoms with Crippen LogP contribution in [-0.2, 0) is 0 Å². The number of carbonyl (C=O) groups excluding carboxylic acids is 1.